The summed E-state index contributed by atoms with van der Waals surface area (Å²) in [4.78, 5) is 46.8. The minimum absolute atomic E-state index is 0.00177. The summed E-state index contributed by atoms with van der Waals surface area (Å²) in [7, 11) is 0. The third-order valence-electron chi connectivity index (χ3n) is 6.09. The number of pyridine rings is 2. The number of para-hydroxylation sites is 1. The molecule has 0 aliphatic rings. The van der Waals surface area contributed by atoms with Gasteiger partial charge in [0.25, 0.3) is 11.6 Å². The van der Waals surface area contributed by atoms with Crippen molar-refractivity contribution in [2.24, 2.45) is 0 Å². The Morgan fingerprint density at radius 2 is 1.64 bits per heavy atom. The van der Waals surface area contributed by atoms with Crippen molar-refractivity contribution in [1.29, 1.82) is 0 Å². The van der Waals surface area contributed by atoms with Crippen molar-refractivity contribution in [2.45, 2.75) is 13.0 Å². The normalized spacial score (nSPS) is 11.5. The molecule has 5 aromatic rings. The van der Waals surface area contributed by atoms with Gasteiger partial charge in [-0.25, -0.2) is 9.78 Å². The lowest BCUT2D eigenvalue weighted by Crippen LogP contribution is -2.26. The van der Waals surface area contributed by atoms with Crippen LogP contribution in [0, 0.1) is 17.0 Å². The number of aromatic nitrogens is 2. The molecular formula is C30H22N4O5. The van der Waals surface area contributed by atoms with Crippen molar-refractivity contribution < 1.29 is 19.2 Å². The summed E-state index contributed by atoms with van der Waals surface area (Å²) < 4.78 is 5.82. The van der Waals surface area contributed by atoms with Crippen molar-refractivity contribution in [3.8, 4) is 11.3 Å². The predicted octanol–water partition coefficient (Wildman–Crippen LogP) is 6.05. The molecule has 1 amide bonds. The molecule has 1 N–H and O–H groups in total. The van der Waals surface area contributed by atoms with Crippen LogP contribution in [0.25, 0.3) is 22.2 Å². The number of benzene rings is 3. The lowest BCUT2D eigenvalue weighted by atomic mass is 10.0. The first-order valence-corrected chi connectivity index (χ1v) is 12.0. The summed E-state index contributed by atoms with van der Waals surface area (Å²) in [6.07, 6.45) is 1.88. The molecule has 2 aromatic heterocycles. The first kappa shape index (κ1) is 25.2. The molecule has 0 spiro atoms. The molecular weight excluding hydrogens is 496 g/mol. The number of nitro groups is 1. The summed E-state index contributed by atoms with van der Waals surface area (Å²) in [6.45, 7) is 1.71. The number of hydrogen-bond donors (Lipinski definition) is 1. The lowest BCUT2D eigenvalue weighted by molar-refractivity contribution is -0.384. The van der Waals surface area contributed by atoms with Crippen molar-refractivity contribution >= 4 is 34.2 Å². The molecule has 0 radical (unpaired) electrons. The van der Waals surface area contributed by atoms with E-state index in [0.717, 1.165) is 5.56 Å². The van der Waals surface area contributed by atoms with E-state index in [9.17, 15) is 19.7 Å². The van der Waals surface area contributed by atoms with Gasteiger partial charge in [-0.1, -0.05) is 54.6 Å². The maximum absolute atomic E-state index is 13.7. The third kappa shape index (κ3) is 5.47. The number of aryl methyl sites for hydroxylation is 1. The second-order valence-electron chi connectivity index (χ2n) is 8.77. The molecule has 2 heterocycles. The zero-order valence-electron chi connectivity index (χ0n) is 20.8. The average molecular weight is 519 g/mol. The van der Waals surface area contributed by atoms with Crippen LogP contribution in [0.5, 0.6) is 0 Å². The van der Waals surface area contributed by atoms with Crippen molar-refractivity contribution in [3.05, 3.63) is 130 Å². The van der Waals surface area contributed by atoms with Crippen LogP contribution in [0.2, 0.25) is 0 Å². The summed E-state index contributed by atoms with van der Waals surface area (Å²) in [5, 5.41) is 14.7. The number of nitro benzene ring substituents is 1. The van der Waals surface area contributed by atoms with Crippen LogP contribution in [-0.2, 0) is 9.53 Å². The number of hydrogen-bond acceptors (Lipinski definition) is 7. The molecule has 0 saturated heterocycles. The fourth-order valence-electron chi connectivity index (χ4n) is 4.18. The maximum Gasteiger partial charge on any atom is 0.340 e. The fraction of sp³-hybridized carbons (Fsp3) is 0.0667. The van der Waals surface area contributed by atoms with Crippen LogP contribution >= 0.6 is 0 Å². The summed E-state index contributed by atoms with van der Waals surface area (Å²) in [5.41, 5.74) is 2.92. The Hall–Kier alpha value is -5.44. The molecule has 0 saturated carbocycles. The van der Waals surface area contributed by atoms with E-state index >= 15 is 0 Å². The SMILES string of the molecule is Cc1ccc(NC(=O)C(OC(=O)c2cc(-c3ccncc3)nc3ccccc23)c2ccccc2)c([N+](=O)[O-])c1. The van der Waals surface area contributed by atoms with Gasteiger partial charge in [0.05, 0.1) is 21.7 Å². The van der Waals surface area contributed by atoms with E-state index < -0.39 is 22.9 Å². The Morgan fingerprint density at radius 3 is 2.38 bits per heavy atom. The number of amides is 1. The minimum atomic E-state index is -1.38. The zero-order chi connectivity index (χ0) is 27.4. The number of nitrogens with zero attached hydrogens (tertiary/aromatic N) is 3. The van der Waals surface area contributed by atoms with Crippen LogP contribution in [0.4, 0.5) is 11.4 Å². The van der Waals surface area contributed by atoms with Crippen molar-refractivity contribution in [2.75, 3.05) is 5.32 Å². The number of carbonyl (C=O) groups is 2. The zero-order valence-corrected chi connectivity index (χ0v) is 20.8. The van der Waals surface area contributed by atoms with E-state index in [2.05, 4.69) is 15.3 Å². The van der Waals surface area contributed by atoms with E-state index in [1.54, 1.807) is 92.1 Å². The van der Waals surface area contributed by atoms with Crippen molar-refractivity contribution in [1.82, 2.24) is 9.97 Å². The van der Waals surface area contributed by atoms with Gasteiger partial charge in [0.2, 0.25) is 6.10 Å². The Labute approximate surface area is 223 Å². The lowest BCUT2D eigenvalue weighted by Gasteiger charge is -2.19. The molecule has 9 nitrogen and oxygen atoms in total. The second kappa shape index (κ2) is 10.9. The molecule has 192 valence electrons. The highest BCUT2D eigenvalue weighted by Crippen LogP contribution is 2.30. The molecule has 5 rings (SSSR count). The van der Waals surface area contributed by atoms with E-state index in [4.69, 9.17) is 4.74 Å². The Bertz CT molecular complexity index is 1690. The van der Waals surface area contributed by atoms with E-state index in [0.29, 0.717) is 27.7 Å². The number of ether oxygens (including phenoxy) is 1. The molecule has 39 heavy (non-hydrogen) atoms. The molecule has 9 heteroatoms. The quantitative estimate of drug-likeness (QED) is 0.158. The second-order valence-corrected chi connectivity index (χ2v) is 8.77. The van der Waals surface area contributed by atoms with Gasteiger partial charge in [-0.05, 0) is 42.8 Å². The van der Waals surface area contributed by atoms with Crippen LogP contribution in [0.1, 0.15) is 27.6 Å². The number of carbonyl (C=O) groups excluding carboxylic acids is 2. The van der Waals surface area contributed by atoms with E-state index in [1.807, 2.05) is 6.07 Å². The van der Waals surface area contributed by atoms with Gasteiger partial charge in [0.1, 0.15) is 5.69 Å². The molecule has 0 aliphatic heterocycles. The van der Waals surface area contributed by atoms with Gasteiger partial charge in [-0.15, -0.1) is 0 Å². The van der Waals surface area contributed by atoms with Gasteiger partial charge < -0.3 is 10.1 Å². The Morgan fingerprint density at radius 1 is 0.923 bits per heavy atom. The highest BCUT2D eigenvalue weighted by Gasteiger charge is 2.29. The van der Waals surface area contributed by atoms with Gasteiger partial charge in [-0.2, -0.15) is 0 Å². The monoisotopic (exact) mass is 518 g/mol. The standard InChI is InChI=1S/C30H22N4O5/c1-19-11-12-25(27(17-19)34(37)38)33-29(35)28(21-7-3-2-4-8-21)39-30(36)23-18-26(20-13-15-31-16-14-20)32-24-10-6-5-9-22(23)24/h2-18,28H,1H3,(H,33,35). The minimum Gasteiger partial charge on any atom is -0.444 e. The highest BCUT2D eigenvalue weighted by atomic mass is 16.6. The van der Waals surface area contributed by atoms with Crippen LogP contribution < -0.4 is 5.32 Å². The fourth-order valence-corrected chi connectivity index (χ4v) is 4.18. The largest absolute Gasteiger partial charge is 0.444 e. The molecule has 0 bridgehead atoms. The van der Waals surface area contributed by atoms with Gasteiger partial charge >= 0.3 is 5.97 Å². The summed E-state index contributed by atoms with van der Waals surface area (Å²) in [5.74, 6) is -1.47. The smallest absolute Gasteiger partial charge is 0.340 e. The number of rotatable bonds is 7. The van der Waals surface area contributed by atoms with E-state index in [1.165, 1.54) is 12.1 Å². The number of anilines is 1. The van der Waals surface area contributed by atoms with Gasteiger partial charge in [-0.3, -0.25) is 19.9 Å². The topological polar surface area (TPSA) is 124 Å². The van der Waals surface area contributed by atoms with Crippen molar-refractivity contribution in [3.63, 3.8) is 0 Å². The maximum atomic E-state index is 13.7. The first-order chi connectivity index (χ1) is 18.9. The molecule has 0 fully saturated rings. The molecule has 1 atom stereocenters. The number of nitrogens with one attached hydrogen (secondary N) is 1. The summed E-state index contributed by atoms with van der Waals surface area (Å²) in [6, 6.07) is 25.3. The van der Waals surface area contributed by atoms with Gasteiger partial charge in [0.15, 0.2) is 0 Å². The van der Waals surface area contributed by atoms with Crippen LogP contribution in [0.15, 0.2) is 103 Å². The van der Waals surface area contributed by atoms with Gasteiger partial charge in [0, 0.05) is 35.0 Å². The Kier molecular flexibility index (Phi) is 7.05. The third-order valence-corrected chi connectivity index (χ3v) is 6.09. The van der Waals surface area contributed by atoms with Crippen LogP contribution in [0.3, 0.4) is 0 Å². The first-order valence-electron chi connectivity index (χ1n) is 12.0. The summed E-state index contributed by atoms with van der Waals surface area (Å²) >= 11 is 0. The predicted molar refractivity (Wildman–Crippen MR) is 146 cm³/mol. The number of fused-ring (bicyclic) bond motifs is 1. The Balaban J connectivity index is 1.53. The average Bonchev–Trinajstić information content (AvgIpc) is 2.96. The highest BCUT2D eigenvalue weighted by molar-refractivity contribution is 6.06. The molecule has 3 aromatic carbocycles. The number of esters is 1. The van der Waals surface area contributed by atoms with E-state index in [-0.39, 0.29) is 16.9 Å². The molecule has 0 aliphatic carbocycles. The van der Waals surface area contributed by atoms with Crippen LogP contribution in [-0.4, -0.2) is 26.8 Å². The molecule has 1 unspecified atom stereocenters.